The maximum Gasteiger partial charge on any atom is 0.224 e. The van der Waals surface area contributed by atoms with Crippen molar-refractivity contribution < 1.29 is 0 Å². The van der Waals surface area contributed by atoms with Gasteiger partial charge in [0.15, 0.2) is 0 Å². The Morgan fingerprint density at radius 3 is 3.00 bits per heavy atom. The van der Waals surface area contributed by atoms with Gasteiger partial charge < -0.3 is 10.6 Å². The van der Waals surface area contributed by atoms with Crippen LogP contribution in [0.25, 0.3) is 0 Å². The Hall–Kier alpha value is -1.32. The topological polar surface area (TPSA) is 49.8 Å². The summed E-state index contributed by atoms with van der Waals surface area (Å²) in [4.78, 5) is 8.68. The zero-order valence-corrected chi connectivity index (χ0v) is 10.7. The smallest absolute Gasteiger partial charge is 0.224 e. The molecule has 17 heavy (non-hydrogen) atoms. The Labute approximate surface area is 103 Å². The summed E-state index contributed by atoms with van der Waals surface area (Å²) >= 11 is 0. The van der Waals surface area contributed by atoms with Crippen LogP contribution < -0.4 is 10.6 Å². The maximum atomic E-state index is 4.47. The first kappa shape index (κ1) is 12.1. The third-order valence-corrected chi connectivity index (χ3v) is 3.38. The van der Waals surface area contributed by atoms with E-state index in [-0.39, 0.29) is 0 Å². The predicted molar refractivity (Wildman–Crippen MR) is 71.2 cm³/mol. The molecule has 2 unspecified atom stereocenters. The predicted octanol–water partition coefficient (Wildman–Crippen LogP) is 2.90. The van der Waals surface area contributed by atoms with E-state index < -0.39 is 0 Å². The highest BCUT2D eigenvalue weighted by atomic mass is 15.1. The Balaban J connectivity index is 1.95. The van der Waals surface area contributed by atoms with Crippen molar-refractivity contribution in [1.82, 2.24) is 9.97 Å². The Morgan fingerprint density at radius 1 is 1.41 bits per heavy atom. The van der Waals surface area contributed by atoms with E-state index in [0.717, 1.165) is 30.6 Å². The van der Waals surface area contributed by atoms with Crippen molar-refractivity contribution in [3.8, 4) is 0 Å². The molecule has 4 heteroatoms. The average molecular weight is 234 g/mol. The monoisotopic (exact) mass is 234 g/mol. The molecule has 1 aliphatic carbocycles. The number of anilines is 2. The molecule has 0 aliphatic heterocycles. The van der Waals surface area contributed by atoms with Crippen LogP contribution in [0.4, 0.5) is 11.8 Å². The third-order valence-electron chi connectivity index (χ3n) is 3.38. The maximum absolute atomic E-state index is 4.47. The molecule has 0 spiro atoms. The molecule has 1 fully saturated rings. The highest BCUT2D eigenvalue weighted by Crippen LogP contribution is 2.27. The Morgan fingerprint density at radius 2 is 2.29 bits per heavy atom. The second-order valence-corrected chi connectivity index (χ2v) is 4.85. The summed E-state index contributed by atoms with van der Waals surface area (Å²) in [5, 5.41) is 6.72. The van der Waals surface area contributed by atoms with E-state index in [1.54, 1.807) is 0 Å². The minimum atomic E-state index is 0.573. The SMILES string of the molecule is CCCNc1nccc(NC2CCCC2C)n1. The Kier molecular flexibility index (Phi) is 4.18. The molecule has 0 bridgehead atoms. The number of hydrogen-bond donors (Lipinski definition) is 2. The summed E-state index contributed by atoms with van der Waals surface area (Å²) in [7, 11) is 0. The summed E-state index contributed by atoms with van der Waals surface area (Å²) in [5.41, 5.74) is 0. The van der Waals surface area contributed by atoms with Crippen LogP contribution in [0.3, 0.4) is 0 Å². The van der Waals surface area contributed by atoms with Gasteiger partial charge in [-0.1, -0.05) is 20.3 Å². The van der Waals surface area contributed by atoms with E-state index in [1.807, 2.05) is 12.3 Å². The molecule has 0 saturated heterocycles. The van der Waals surface area contributed by atoms with Crippen LogP contribution in [0.5, 0.6) is 0 Å². The largest absolute Gasteiger partial charge is 0.367 e. The average Bonchev–Trinajstić information content (AvgIpc) is 2.73. The fraction of sp³-hybridized carbons (Fsp3) is 0.692. The van der Waals surface area contributed by atoms with Gasteiger partial charge in [-0.05, 0) is 31.2 Å². The molecule has 2 rings (SSSR count). The van der Waals surface area contributed by atoms with Gasteiger partial charge >= 0.3 is 0 Å². The van der Waals surface area contributed by atoms with Gasteiger partial charge in [0.25, 0.3) is 0 Å². The quantitative estimate of drug-likeness (QED) is 0.822. The summed E-state index contributed by atoms with van der Waals surface area (Å²) in [6.07, 6.45) is 6.80. The highest BCUT2D eigenvalue weighted by molar-refractivity contribution is 5.40. The molecule has 2 atom stereocenters. The van der Waals surface area contributed by atoms with Crippen LogP contribution in [-0.4, -0.2) is 22.6 Å². The summed E-state index contributed by atoms with van der Waals surface area (Å²) in [5.74, 6) is 2.41. The van der Waals surface area contributed by atoms with Crippen molar-refractivity contribution in [3.05, 3.63) is 12.3 Å². The number of nitrogens with one attached hydrogen (secondary N) is 2. The molecular formula is C13H22N4. The zero-order valence-electron chi connectivity index (χ0n) is 10.7. The molecule has 4 nitrogen and oxygen atoms in total. The molecule has 1 aliphatic rings. The van der Waals surface area contributed by atoms with Crippen LogP contribution in [0, 0.1) is 5.92 Å². The standard InChI is InChI=1S/C13H22N4/c1-3-8-14-13-15-9-7-12(17-13)16-11-6-4-5-10(11)2/h7,9-11H,3-6,8H2,1-2H3,(H2,14,15,16,17). The summed E-state index contributed by atoms with van der Waals surface area (Å²) < 4.78 is 0. The lowest BCUT2D eigenvalue weighted by Gasteiger charge is -2.18. The molecule has 1 saturated carbocycles. The molecule has 1 aromatic rings. The summed E-state index contributed by atoms with van der Waals surface area (Å²) in [6.45, 7) is 5.36. The second kappa shape index (κ2) is 5.84. The van der Waals surface area contributed by atoms with Crippen LogP contribution in [0.15, 0.2) is 12.3 Å². The van der Waals surface area contributed by atoms with Crippen molar-refractivity contribution >= 4 is 11.8 Å². The minimum Gasteiger partial charge on any atom is -0.367 e. The van der Waals surface area contributed by atoms with Gasteiger partial charge in [0, 0.05) is 18.8 Å². The summed E-state index contributed by atoms with van der Waals surface area (Å²) in [6, 6.07) is 2.52. The van der Waals surface area contributed by atoms with Gasteiger partial charge in [-0.25, -0.2) is 4.98 Å². The van der Waals surface area contributed by atoms with Gasteiger partial charge in [0.2, 0.25) is 5.95 Å². The molecule has 0 radical (unpaired) electrons. The van der Waals surface area contributed by atoms with E-state index >= 15 is 0 Å². The molecule has 1 heterocycles. The fourth-order valence-electron chi connectivity index (χ4n) is 2.31. The minimum absolute atomic E-state index is 0.573. The molecule has 2 N–H and O–H groups in total. The number of aromatic nitrogens is 2. The lowest BCUT2D eigenvalue weighted by Crippen LogP contribution is -2.22. The molecular weight excluding hydrogens is 212 g/mol. The molecule has 0 amide bonds. The van der Waals surface area contributed by atoms with Crippen molar-refractivity contribution in [1.29, 1.82) is 0 Å². The lowest BCUT2D eigenvalue weighted by molar-refractivity contribution is 0.555. The molecule has 1 aromatic heterocycles. The van der Waals surface area contributed by atoms with Crippen molar-refractivity contribution in [3.63, 3.8) is 0 Å². The van der Waals surface area contributed by atoms with Crippen LogP contribution >= 0.6 is 0 Å². The first-order valence-electron chi connectivity index (χ1n) is 6.63. The van der Waals surface area contributed by atoms with Crippen molar-refractivity contribution in [2.75, 3.05) is 17.2 Å². The van der Waals surface area contributed by atoms with Gasteiger partial charge in [0.1, 0.15) is 5.82 Å². The highest BCUT2D eigenvalue weighted by Gasteiger charge is 2.23. The van der Waals surface area contributed by atoms with Crippen LogP contribution in [0.2, 0.25) is 0 Å². The van der Waals surface area contributed by atoms with Gasteiger partial charge in [-0.15, -0.1) is 0 Å². The van der Waals surface area contributed by atoms with E-state index in [9.17, 15) is 0 Å². The second-order valence-electron chi connectivity index (χ2n) is 4.85. The van der Waals surface area contributed by atoms with E-state index in [0.29, 0.717) is 6.04 Å². The van der Waals surface area contributed by atoms with Crippen LogP contribution in [-0.2, 0) is 0 Å². The molecule has 94 valence electrons. The van der Waals surface area contributed by atoms with Gasteiger partial charge in [0.05, 0.1) is 0 Å². The first-order valence-corrected chi connectivity index (χ1v) is 6.63. The van der Waals surface area contributed by atoms with Gasteiger partial charge in [-0.2, -0.15) is 4.98 Å². The number of hydrogen-bond acceptors (Lipinski definition) is 4. The number of rotatable bonds is 5. The fourth-order valence-corrected chi connectivity index (χ4v) is 2.31. The Bertz CT molecular complexity index is 353. The van der Waals surface area contributed by atoms with Crippen LogP contribution in [0.1, 0.15) is 39.5 Å². The lowest BCUT2D eigenvalue weighted by atomic mass is 10.1. The first-order chi connectivity index (χ1) is 8.29. The zero-order chi connectivity index (χ0) is 12.1. The van der Waals surface area contributed by atoms with Crippen molar-refractivity contribution in [2.24, 2.45) is 5.92 Å². The third kappa shape index (κ3) is 3.32. The van der Waals surface area contributed by atoms with Gasteiger partial charge in [-0.3, -0.25) is 0 Å². The molecule has 0 aromatic carbocycles. The van der Waals surface area contributed by atoms with E-state index in [2.05, 4.69) is 34.4 Å². The van der Waals surface area contributed by atoms with E-state index in [4.69, 9.17) is 0 Å². The normalized spacial score (nSPS) is 23.6. The van der Waals surface area contributed by atoms with E-state index in [1.165, 1.54) is 19.3 Å². The number of nitrogens with zero attached hydrogens (tertiary/aromatic N) is 2. The van der Waals surface area contributed by atoms with Crippen molar-refractivity contribution in [2.45, 2.75) is 45.6 Å².